The molecule has 1 amide bonds. The van der Waals surface area contributed by atoms with E-state index in [9.17, 15) is 22.4 Å². The predicted octanol–water partition coefficient (Wildman–Crippen LogP) is 5.73. The van der Waals surface area contributed by atoms with Crippen molar-refractivity contribution in [2.45, 2.75) is 64.1 Å². The first-order valence-corrected chi connectivity index (χ1v) is 10.9. The number of hydrogen-bond acceptors (Lipinski definition) is 3. The third-order valence-electron chi connectivity index (χ3n) is 4.95. The molecule has 2 aromatic carbocycles. The monoisotopic (exact) mass is 473 g/mol. The van der Waals surface area contributed by atoms with Gasteiger partial charge < -0.3 is 14.8 Å². The van der Waals surface area contributed by atoms with Crippen LogP contribution in [0.4, 0.5) is 17.6 Å². The van der Waals surface area contributed by atoms with E-state index < -0.39 is 17.5 Å². The second-order valence-corrected chi connectivity index (χ2v) is 8.29. The summed E-state index contributed by atoms with van der Waals surface area (Å²) in [4.78, 5) is 11.0. The van der Waals surface area contributed by atoms with Crippen molar-refractivity contribution in [3.05, 3.63) is 65.2 Å². The number of hydrogen-bond donors (Lipinski definition) is 1. The Kier molecular flexibility index (Phi) is 9.91. The number of aryl methyl sites for hydroxylation is 1. The highest BCUT2D eigenvalue weighted by Gasteiger charge is 2.24. The average molecular weight is 473 g/mol. The van der Waals surface area contributed by atoms with Gasteiger partial charge in [-0.05, 0) is 65.6 Å². The number of ether oxygens (including phenoxy) is 2. The molecule has 1 N–H and O–H groups in total. The van der Waals surface area contributed by atoms with Crippen LogP contribution in [0.2, 0.25) is 0 Å². The van der Waals surface area contributed by atoms with Gasteiger partial charge in [0.1, 0.15) is 17.4 Å². The summed E-state index contributed by atoms with van der Waals surface area (Å²) in [5.74, 6) is -4.15. The maximum atomic E-state index is 13.4. The Labute approximate surface area is 187 Å². The molecule has 0 spiro atoms. The van der Waals surface area contributed by atoms with Crippen LogP contribution in [0, 0.1) is 18.6 Å². The zero-order valence-corrected chi connectivity index (χ0v) is 19.2. The zero-order chi connectivity index (χ0) is 23.7. The van der Waals surface area contributed by atoms with Crippen molar-refractivity contribution in [1.29, 1.82) is 0 Å². The number of carbonyl (C=O) groups excluding carboxylic acids is 1. The molecule has 0 saturated heterocycles. The lowest BCUT2D eigenvalue weighted by Gasteiger charge is -2.28. The molecular weight excluding hydrogens is 445 g/mol. The van der Waals surface area contributed by atoms with Crippen LogP contribution in [0.25, 0.3) is 0 Å². The third kappa shape index (κ3) is 9.13. The van der Waals surface area contributed by atoms with Gasteiger partial charge >= 0.3 is 5.85 Å². The van der Waals surface area contributed by atoms with Crippen molar-refractivity contribution in [3.8, 4) is 5.75 Å². The van der Waals surface area contributed by atoms with E-state index in [-0.39, 0.29) is 36.0 Å². The topological polar surface area (TPSA) is 47.6 Å². The van der Waals surface area contributed by atoms with Gasteiger partial charge in [0.05, 0.1) is 12.7 Å². The summed E-state index contributed by atoms with van der Waals surface area (Å²) < 4.78 is 61.5. The molecule has 0 heterocycles. The van der Waals surface area contributed by atoms with E-state index in [0.717, 1.165) is 25.7 Å². The van der Waals surface area contributed by atoms with Gasteiger partial charge in [-0.2, -0.15) is 8.78 Å². The van der Waals surface area contributed by atoms with Gasteiger partial charge in [-0.1, -0.05) is 24.3 Å². The molecule has 4 nitrogen and oxygen atoms in total. The van der Waals surface area contributed by atoms with E-state index in [1.54, 1.807) is 25.1 Å². The molecule has 0 bridgehead atoms. The third-order valence-corrected chi connectivity index (χ3v) is 5.06. The highest BCUT2D eigenvalue weighted by molar-refractivity contribution is 7.17. The van der Waals surface area contributed by atoms with Gasteiger partial charge in [0, 0.05) is 18.5 Å². The lowest BCUT2D eigenvalue weighted by molar-refractivity contribution is -0.120. The molecule has 32 heavy (non-hydrogen) atoms. The maximum Gasteiger partial charge on any atom is 0.408 e. The molecule has 1 fully saturated rings. The largest absolute Gasteiger partial charge is 0.430 e. The van der Waals surface area contributed by atoms with E-state index in [0.29, 0.717) is 5.56 Å². The number of rotatable bonds is 6. The van der Waals surface area contributed by atoms with Crippen molar-refractivity contribution in [3.63, 3.8) is 0 Å². The zero-order valence-electron chi connectivity index (χ0n) is 18.0. The van der Waals surface area contributed by atoms with Crippen LogP contribution in [0.3, 0.4) is 0 Å². The summed E-state index contributed by atoms with van der Waals surface area (Å²) >= 11 is 0. The van der Waals surface area contributed by atoms with Crippen LogP contribution in [0.15, 0.2) is 42.5 Å². The second kappa shape index (κ2) is 12.2. The standard InChI is InChI=1S/C15H19F2NO2.C8H9F2OP/c1-10(19)18-11-5-7-12(8-6-11)20-9-13-14(16)3-2-4-15(13)17;1-6-4-2-3-5-7(6)11-8(9,10)12/h2-4,11-12H,5-9H2,1H3,(H,18,19);2-5H,12H2,1H3. The van der Waals surface area contributed by atoms with E-state index in [2.05, 4.69) is 10.1 Å². The van der Waals surface area contributed by atoms with E-state index in [1.165, 1.54) is 40.4 Å². The minimum absolute atomic E-state index is 0.000913. The van der Waals surface area contributed by atoms with Gasteiger partial charge in [0.2, 0.25) is 5.91 Å². The maximum absolute atomic E-state index is 13.4. The molecule has 1 unspecified atom stereocenters. The number of para-hydroxylation sites is 1. The lowest BCUT2D eigenvalue weighted by Crippen LogP contribution is -2.37. The van der Waals surface area contributed by atoms with Crippen LogP contribution in [-0.4, -0.2) is 23.9 Å². The summed E-state index contributed by atoms with van der Waals surface area (Å²) in [6, 6.07) is 10.6. The number of alkyl halides is 2. The second-order valence-electron chi connectivity index (χ2n) is 7.61. The Hall–Kier alpha value is -2.18. The van der Waals surface area contributed by atoms with Gasteiger partial charge in [0.15, 0.2) is 0 Å². The molecule has 0 aliphatic heterocycles. The Morgan fingerprint density at radius 1 is 1.06 bits per heavy atom. The molecule has 176 valence electrons. The normalized spacial score (nSPS) is 18.3. The Bertz CT molecular complexity index is 864. The average Bonchev–Trinajstić information content (AvgIpc) is 2.70. The molecule has 0 radical (unpaired) electrons. The highest BCUT2D eigenvalue weighted by Crippen LogP contribution is 2.29. The minimum atomic E-state index is -3.19. The van der Waals surface area contributed by atoms with Gasteiger partial charge in [0.25, 0.3) is 0 Å². The van der Waals surface area contributed by atoms with Crippen LogP contribution in [0.1, 0.15) is 43.7 Å². The highest BCUT2D eigenvalue weighted by atomic mass is 31.0. The van der Waals surface area contributed by atoms with E-state index in [1.807, 2.05) is 0 Å². The van der Waals surface area contributed by atoms with Gasteiger partial charge in [-0.15, -0.1) is 0 Å². The lowest BCUT2D eigenvalue weighted by atomic mass is 9.93. The van der Waals surface area contributed by atoms with Crippen LogP contribution < -0.4 is 10.1 Å². The SMILES string of the molecule is CC(=O)NC1CCC(OCc2c(F)cccc2F)CC1.Cc1ccccc1OC(F)(F)P. The first kappa shape index (κ1) is 26.1. The van der Waals surface area contributed by atoms with E-state index >= 15 is 0 Å². The number of amides is 1. The predicted molar refractivity (Wildman–Crippen MR) is 117 cm³/mol. The smallest absolute Gasteiger partial charge is 0.408 e. The Morgan fingerprint density at radius 2 is 1.66 bits per heavy atom. The molecule has 1 saturated carbocycles. The Balaban J connectivity index is 0.000000258. The summed E-state index contributed by atoms with van der Waals surface area (Å²) in [5, 5.41) is 2.88. The van der Waals surface area contributed by atoms with Crippen molar-refractivity contribution in [2.24, 2.45) is 0 Å². The fraction of sp³-hybridized carbons (Fsp3) is 0.435. The first-order valence-electron chi connectivity index (χ1n) is 10.3. The molecule has 9 heteroatoms. The molecule has 1 aliphatic carbocycles. The van der Waals surface area contributed by atoms with Crippen LogP contribution in [-0.2, 0) is 16.1 Å². The summed E-state index contributed by atoms with van der Waals surface area (Å²) in [7, 11) is 1.33. The Morgan fingerprint density at radius 3 is 2.19 bits per heavy atom. The first-order chi connectivity index (χ1) is 15.0. The molecule has 3 rings (SSSR count). The summed E-state index contributed by atoms with van der Waals surface area (Å²) in [6.07, 6.45) is 3.26. The summed E-state index contributed by atoms with van der Waals surface area (Å²) in [6.45, 7) is 3.17. The summed E-state index contributed by atoms with van der Waals surface area (Å²) in [5.41, 5.74) is 0.677. The quantitative estimate of drug-likeness (QED) is 0.431. The molecule has 0 aromatic heterocycles. The molecule has 1 atom stereocenters. The fourth-order valence-corrected chi connectivity index (χ4v) is 3.48. The molecular formula is C23H28F4NO3P. The van der Waals surface area contributed by atoms with Crippen LogP contribution in [0.5, 0.6) is 5.75 Å². The van der Waals surface area contributed by atoms with Crippen molar-refractivity contribution in [1.82, 2.24) is 5.32 Å². The minimum Gasteiger partial charge on any atom is -0.430 e. The number of benzene rings is 2. The fourth-order valence-electron chi connectivity index (χ4n) is 3.35. The van der Waals surface area contributed by atoms with Crippen molar-refractivity contribution in [2.75, 3.05) is 0 Å². The van der Waals surface area contributed by atoms with Crippen LogP contribution >= 0.6 is 9.24 Å². The van der Waals surface area contributed by atoms with E-state index in [4.69, 9.17) is 4.74 Å². The van der Waals surface area contributed by atoms with Crippen molar-refractivity contribution < 1.29 is 31.8 Å². The van der Waals surface area contributed by atoms with Gasteiger partial charge in [-0.3, -0.25) is 4.79 Å². The molecule has 2 aromatic rings. The molecule has 1 aliphatic rings. The number of halogens is 4. The van der Waals surface area contributed by atoms with Gasteiger partial charge in [-0.25, -0.2) is 8.78 Å². The number of nitrogens with one attached hydrogen (secondary N) is 1. The van der Waals surface area contributed by atoms with Crippen molar-refractivity contribution >= 4 is 15.1 Å². The number of carbonyl (C=O) groups is 1.